The van der Waals surface area contributed by atoms with Crippen LogP contribution in [0.5, 0.6) is 0 Å². The third kappa shape index (κ3) is 2.28. The Labute approximate surface area is 47.5 Å². The summed E-state index contributed by atoms with van der Waals surface area (Å²) in [7, 11) is 3.15. The zero-order valence-electron chi connectivity index (χ0n) is 4.92. The van der Waals surface area contributed by atoms with Crippen molar-refractivity contribution in [2.24, 2.45) is 5.18 Å². The zero-order valence-corrected chi connectivity index (χ0v) is 4.92. The lowest BCUT2D eigenvalue weighted by molar-refractivity contribution is -0.127. The fourth-order valence-electron chi connectivity index (χ4n) is 0.197. The highest BCUT2D eigenvalue weighted by molar-refractivity contribution is 5.77. The van der Waals surface area contributed by atoms with Crippen LogP contribution in [-0.4, -0.2) is 31.4 Å². The first-order valence-electron chi connectivity index (χ1n) is 2.17. The fourth-order valence-corrected chi connectivity index (χ4v) is 0.197. The minimum Gasteiger partial charge on any atom is -0.347 e. The Balaban J connectivity index is 3.48. The van der Waals surface area contributed by atoms with Crippen LogP contribution < -0.4 is 0 Å². The Morgan fingerprint density at radius 3 is 2.25 bits per heavy atom. The first-order chi connectivity index (χ1) is 3.68. The lowest BCUT2D eigenvalue weighted by atomic mass is 10.6. The molecule has 0 aromatic carbocycles. The second-order valence-electron chi connectivity index (χ2n) is 1.58. The topological polar surface area (TPSA) is 49.7 Å². The summed E-state index contributed by atoms with van der Waals surface area (Å²) in [5.41, 5.74) is 0. The van der Waals surface area contributed by atoms with E-state index in [1.54, 1.807) is 14.1 Å². The molecule has 0 aliphatic carbocycles. The number of amides is 1. The lowest BCUT2D eigenvalue weighted by Crippen LogP contribution is -2.23. The highest BCUT2D eigenvalue weighted by atomic mass is 16.3. The zero-order chi connectivity index (χ0) is 6.57. The first-order valence-corrected chi connectivity index (χ1v) is 2.17. The maximum Gasteiger partial charge on any atom is 0.247 e. The molecule has 0 bridgehead atoms. The quantitative estimate of drug-likeness (QED) is 0.471. The fraction of sp³-hybridized carbons (Fsp3) is 0.750. The van der Waals surface area contributed by atoms with Crippen LogP contribution in [0.4, 0.5) is 0 Å². The highest BCUT2D eigenvalue weighted by Crippen LogP contribution is 1.77. The standard InChI is InChI=1S/C4H8N2O2/c1-6(2)4(7)3-5-8/h3H2,1-2H3. The predicted molar refractivity (Wildman–Crippen MR) is 29.4 cm³/mol. The van der Waals surface area contributed by atoms with Crippen LogP contribution in [0, 0.1) is 4.91 Å². The second kappa shape index (κ2) is 3.12. The second-order valence-corrected chi connectivity index (χ2v) is 1.58. The van der Waals surface area contributed by atoms with E-state index in [1.165, 1.54) is 4.90 Å². The molecule has 0 heterocycles. The molecule has 46 valence electrons. The summed E-state index contributed by atoms with van der Waals surface area (Å²) in [6.45, 7) is -0.257. The molecule has 0 radical (unpaired) electrons. The van der Waals surface area contributed by atoms with Crippen LogP contribution >= 0.6 is 0 Å². The Morgan fingerprint density at radius 2 is 2.12 bits per heavy atom. The molecule has 0 saturated carbocycles. The number of nitroso groups, excluding NO2 is 1. The van der Waals surface area contributed by atoms with Crippen LogP contribution in [0.1, 0.15) is 0 Å². The SMILES string of the molecule is CN(C)C(=O)CN=O. The van der Waals surface area contributed by atoms with Crippen LogP contribution in [-0.2, 0) is 4.79 Å². The molecule has 0 aliphatic heterocycles. The molecule has 1 amide bonds. The minimum atomic E-state index is -0.264. The Morgan fingerprint density at radius 1 is 1.62 bits per heavy atom. The number of hydrogen-bond acceptors (Lipinski definition) is 3. The van der Waals surface area contributed by atoms with Gasteiger partial charge in [0, 0.05) is 14.1 Å². The molecule has 0 fully saturated rings. The van der Waals surface area contributed by atoms with Crippen LogP contribution in [0.2, 0.25) is 0 Å². The maximum absolute atomic E-state index is 10.4. The maximum atomic E-state index is 10.4. The summed E-state index contributed by atoms with van der Waals surface area (Å²) in [6.07, 6.45) is 0. The van der Waals surface area contributed by atoms with Crippen molar-refractivity contribution in [2.45, 2.75) is 0 Å². The van der Waals surface area contributed by atoms with E-state index in [0.717, 1.165) is 0 Å². The van der Waals surface area contributed by atoms with E-state index in [0.29, 0.717) is 0 Å². The molecule has 8 heavy (non-hydrogen) atoms. The number of nitrogens with zero attached hydrogens (tertiary/aromatic N) is 2. The van der Waals surface area contributed by atoms with Crippen molar-refractivity contribution < 1.29 is 4.79 Å². The molecule has 0 aliphatic rings. The van der Waals surface area contributed by atoms with Gasteiger partial charge in [0.15, 0.2) is 6.54 Å². The molecule has 0 atom stereocenters. The monoisotopic (exact) mass is 116 g/mol. The number of rotatable bonds is 2. The third-order valence-electron chi connectivity index (χ3n) is 0.699. The Bertz CT molecular complexity index is 100. The van der Waals surface area contributed by atoms with Crippen LogP contribution in [0.3, 0.4) is 0 Å². The number of carbonyl (C=O) groups is 1. The molecule has 0 N–H and O–H groups in total. The lowest BCUT2D eigenvalue weighted by Gasteiger charge is -2.04. The molecule has 0 aromatic rings. The van der Waals surface area contributed by atoms with E-state index < -0.39 is 0 Å². The van der Waals surface area contributed by atoms with E-state index in [2.05, 4.69) is 5.18 Å². The van der Waals surface area contributed by atoms with Crippen molar-refractivity contribution in [1.82, 2.24) is 4.90 Å². The van der Waals surface area contributed by atoms with Gasteiger partial charge in [-0.05, 0) is 0 Å². The van der Waals surface area contributed by atoms with E-state index in [1.807, 2.05) is 0 Å². The summed E-state index contributed by atoms with van der Waals surface area (Å²) in [4.78, 5) is 21.1. The molecule has 0 rings (SSSR count). The molecular weight excluding hydrogens is 108 g/mol. The summed E-state index contributed by atoms with van der Waals surface area (Å²) in [6, 6.07) is 0. The third-order valence-corrected chi connectivity index (χ3v) is 0.699. The summed E-state index contributed by atoms with van der Waals surface area (Å²) in [5, 5.41) is 2.42. The first kappa shape index (κ1) is 7.07. The highest BCUT2D eigenvalue weighted by Gasteiger charge is 2.00. The number of likely N-dealkylation sites (N-methyl/N-ethyl adjacent to an activating group) is 1. The number of hydrogen-bond donors (Lipinski definition) is 0. The van der Waals surface area contributed by atoms with Gasteiger partial charge in [-0.1, -0.05) is 5.18 Å². The van der Waals surface area contributed by atoms with Gasteiger partial charge < -0.3 is 4.90 Å². The van der Waals surface area contributed by atoms with Gasteiger partial charge in [0.25, 0.3) is 0 Å². The molecule has 0 saturated heterocycles. The van der Waals surface area contributed by atoms with Gasteiger partial charge in [0.05, 0.1) is 0 Å². The molecule has 4 nitrogen and oxygen atoms in total. The van der Waals surface area contributed by atoms with Crippen molar-refractivity contribution in [3.05, 3.63) is 4.91 Å². The molecule has 0 spiro atoms. The average molecular weight is 116 g/mol. The minimum absolute atomic E-state index is 0.257. The van der Waals surface area contributed by atoms with Crippen molar-refractivity contribution in [3.8, 4) is 0 Å². The summed E-state index contributed by atoms with van der Waals surface area (Å²) < 4.78 is 0. The molecule has 0 aromatic heterocycles. The van der Waals surface area contributed by atoms with Gasteiger partial charge in [-0.15, -0.1) is 0 Å². The molecule has 4 heteroatoms. The summed E-state index contributed by atoms with van der Waals surface area (Å²) in [5.74, 6) is -0.264. The van der Waals surface area contributed by atoms with E-state index >= 15 is 0 Å². The van der Waals surface area contributed by atoms with E-state index in [4.69, 9.17) is 0 Å². The smallest absolute Gasteiger partial charge is 0.247 e. The van der Waals surface area contributed by atoms with Gasteiger partial charge in [0.1, 0.15) is 0 Å². The van der Waals surface area contributed by atoms with Crippen molar-refractivity contribution in [3.63, 3.8) is 0 Å². The van der Waals surface area contributed by atoms with Crippen LogP contribution in [0.25, 0.3) is 0 Å². The van der Waals surface area contributed by atoms with E-state index in [9.17, 15) is 9.70 Å². The van der Waals surface area contributed by atoms with Gasteiger partial charge >= 0.3 is 0 Å². The van der Waals surface area contributed by atoms with Gasteiger partial charge in [-0.3, -0.25) is 4.79 Å². The van der Waals surface area contributed by atoms with Gasteiger partial charge in [-0.25, -0.2) is 0 Å². The van der Waals surface area contributed by atoms with Crippen molar-refractivity contribution in [2.75, 3.05) is 20.6 Å². The largest absolute Gasteiger partial charge is 0.347 e. The van der Waals surface area contributed by atoms with E-state index in [-0.39, 0.29) is 12.5 Å². The van der Waals surface area contributed by atoms with Crippen molar-refractivity contribution in [1.29, 1.82) is 0 Å². The molecule has 0 unspecified atom stereocenters. The normalized spacial score (nSPS) is 8.25. The van der Waals surface area contributed by atoms with Gasteiger partial charge in [-0.2, -0.15) is 4.91 Å². The average Bonchev–Trinajstić information content (AvgIpc) is 1.67. The van der Waals surface area contributed by atoms with Crippen LogP contribution in [0.15, 0.2) is 5.18 Å². The molecular formula is C4H8N2O2. The summed E-state index contributed by atoms with van der Waals surface area (Å²) >= 11 is 0. The Kier molecular flexibility index (Phi) is 2.76. The Hall–Kier alpha value is -0.930. The van der Waals surface area contributed by atoms with Crippen molar-refractivity contribution >= 4 is 5.91 Å². The number of carbonyl (C=O) groups excluding carboxylic acids is 1. The predicted octanol–water partition coefficient (Wildman–Crippen LogP) is -0.159. The van der Waals surface area contributed by atoms with Gasteiger partial charge in [0.2, 0.25) is 5.91 Å².